The molecule has 0 spiro atoms. The van der Waals surface area contributed by atoms with E-state index >= 15 is 0 Å². The van der Waals surface area contributed by atoms with Gasteiger partial charge < -0.3 is 16.2 Å². The molecule has 1 aromatic rings. The van der Waals surface area contributed by atoms with E-state index in [9.17, 15) is 18.3 Å². The van der Waals surface area contributed by atoms with Crippen LogP contribution in [0.4, 0.5) is 0 Å². The van der Waals surface area contributed by atoms with Crippen molar-refractivity contribution in [3.63, 3.8) is 0 Å². The van der Waals surface area contributed by atoms with Gasteiger partial charge in [-0.1, -0.05) is 30.3 Å². The Morgan fingerprint density at radius 1 is 1.38 bits per heavy atom. The van der Waals surface area contributed by atoms with Gasteiger partial charge in [-0.05, 0) is 18.9 Å². The summed E-state index contributed by atoms with van der Waals surface area (Å²) in [6, 6.07) is 8.09. The summed E-state index contributed by atoms with van der Waals surface area (Å²) < 4.78 is 22.2. The van der Waals surface area contributed by atoms with Gasteiger partial charge in [0.05, 0.1) is 23.9 Å². The molecule has 118 valence electrons. The average Bonchev–Trinajstić information content (AvgIpc) is 2.44. The van der Waals surface area contributed by atoms with E-state index in [-0.39, 0.29) is 18.8 Å². The zero-order valence-electron chi connectivity index (χ0n) is 12.2. The van der Waals surface area contributed by atoms with E-state index in [0.29, 0.717) is 0 Å². The van der Waals surface area contributed by atoms with Gasteiger partial charge in [0.25, 0.3) is 0 Å². The Kier molecular flexibility index (Phi) is 5.88. The number of carbonyl (C=O) groups excluding carboxylic acids is 1. The number of nitrogens with two attached hydrogens (primary N) is 1. The Labute approximate surface area is 125 Å². The maximum absolute atomic E-state index is 12.1. The van der Waals surface area contributed by atoms with Crippen LogP contribution in [0.2, 0.25) is 0 Å². The monoisotopic (exact) mass is 314 g/mol. The number of rotatable bonds is 7. The summed E-state index contributed by atoms with van der Waals surface area (Å²) >= 11 is 0. The first-order chi connectivity index (χ1) is 9.68. The van der Waals surface area contributed by atoms with E-state index in [2.05, 4.69) is 5.32 Å². The number of hydrogen-bond donors (Lipinski definition) is 3. The van der Waals surface area contributed by atoms with E-state index in [1.54, 1.807) is 31.2 Å². The van der Waals surface area contributed by atoms with Crippen LogP contribution in [0.25, 0.3) is 0 Å². The molecule has 1 aromatic carbocycles. The standard InChI is InChI=1S/C14H22N2O4S/c1-14(10-17,11-6-4-3-5-7-11)16-13(18)12(15)8-9-21(2,19)20/h3-7,12,17H,8-10,15H2,1-2H3,(H,16,18). The number of sulfone groups is 1. The molecule has 7 heteroatoms. The van der Waals surface area contributed by atoms with Gasteiger partial charge in [0, 0.05) is 6.26 Å². The highest BCUT2D eigenvalue weighted by Crippen LogP contribution is 2.19. The van der Waals surface area contributed by atoms with Crippen molar-refractivity contribution in [2.24, 2.45) is 5.73 Å². The minimum atomic E-state index is -3.16. The molecule has 1 rings (SSSR count). The van der Waals surface area contributed by atoms with Crippen LogP contribution < -0.4 is 11.1 Å². The van der Waals surface area contributed by atoms with E-state index in [1.165, 1.54) is 0 Å². The molecule has 21 heavy (non-hydrogen) atoms. The van der Waals surface area contributed by atoms with Crippen molar-refractivity contribution < 1.29 is 18.3 Å². The zero-order valence-corrected chi connectivity index (χ0v) is 13.1. The number of benzene rings is 1. The maximum Gasteiger partial charge on any atom is 0.237 e. The van der Waals surface area contributed by atoms with Crippen LogP contribution in [-0.4, -0.2) is 44.1 Å². The summed E-state index contributed by atoms with van der Waals surface area (Å²) in [6.45, 7) is 1.39. The molecule has 0 aliphatic carbocycles. The van der Waals surface area contributed by atoms with Gasteiger partial charge in [0.1, 0.15) is 9.84 Å². The molecule has 2 atom stereocenters. The Morgan fingerprint density at radius 3 is 2.43 bits per heavy atom. The fourth-order valence-corrected chi connectivity index (χ4v) is 2.53. The minimum absolute atomic E-state index is 0.0426. The topological polar surface area (TPSA) is 109 Å². The van der Waals surface area contributed by atoms with E-state index in [4.69, 9.17) is 5.73 Å². The maximum atomic E-state index is 12.1. The predicted molar refractivity (Wildman–Crippen MR) is 81.3 cm³/mol. The summed E-state index contributed by atoms with van der Waals surface area (Å²) in [5, 5.41) is 12.3. The Balaban J connectivity index is 2.75. The van der Waals surface area contributed by atoms with Gasteiger partial charge in [0.15, 0.2) is 0 Å². The molecular formula is C14H22N2O4S. The van der Waals surface area contributed by atoms with Crippen LogP contribution in [0, 0.1) is 0 Å². The molecular weight excluding hydrogens is 292 g/mol. The van der Waals surface area contributed by atoms with Crippen LogP contribution in [-0.2, 0) is 20.2 Å². The molecule has 1 amide bonds. The summed E-state index contributed by atoms with van der Waals surface area (Å²) in [4.78, 5) is 12.1. The molecule has 0 aliphatic rings. The molecule has 0 aromatic heterocycles. The highest BCUT2D eigenvalue weighted by molar-refractivity contribution is 7.90. The van der Waals surface area contributed by atoms with Crippen molar-refractivity contribution in [1.29, 1.82) is 0 Å². The van der Waals surface area contributed by atoms with E-state index < -0.39 is 27.3 Å². The van der Waals surface area contributed by atoms with E-state index in [0.717, 1.165) is 11.8 Å². The van der Waals surface area contributed by atoms with Gasteiger partial charge in [-0.25, -0.2) is 8.42 Å². The minimum Gasteiger partial charge on any atom is -0.394 e. The van der Waals surface area contributed by atoms with Crippen molar-refractivity contribution in [3.05, 3.63) is 35.9 Å². The number of aliphatic hydroxyl groups is 1. The number of aliphatic hydroxyl groups excluding tert-OH is 1. The fraction of sp³-hybridized carbons (Fsp3) is 0.500. The summed E-state index contributed by atoms with van der Waals surface area (Å²) in [7, 11) is -3.16. The van der Waals surface area contributed by atoms with Gasteiger partial charge in [0.2, 0.25) is 5.91 Å². The smallest absolute Gasteiger partial charge is 0.237 e. The summed E-state index contributed by atoms with van der Waals surface area (Å²) in [6.07, 6.45) is 1.14. The van der Waals surface area contributed by atoms with E-state index in [1.807, 2.05) is 6.07 Å². The normalized spacial score (nSPS) is 16.0. The van der Waals surface area contributed by atoms with Crippen LogP contribution in [0.15, 0.2) is 30.3 Å². The molecule has 2 unspecified atom stereocenters. The Bertz CT molecular complexity index is 574. The van der Waals surface area contributed by atoms with Crippen molar-refractivity contribution in [3.8, 4) is 0 Å². The molecule has 0 aliphatic heterocycles. The number of hydrogen-bond acceptors (Lipinski definition) is 5. The van der Waals surface area contributed by atoms with Gasteiger partial charge in [-0.15, -0.1) is 0 Å². The van der Waals surface area contributed by atoms with Crippen LogP contribution in [0.1, 0.15) is 18.9 Å². The molecule has 0 heterocycles. The first-order valence-corrected chi connectivity index (χ1v) is 8.66. The van der Waals surface area contributed by atoms with Crippen molar-refractivity contribution in [2.75, 3.05) is 18.6 Å². The fourth-order valence-electron chi connectivity index (χ4n) is 1.85. The van der Waals surface area contributed by atoms with Crippen molar-refractivity contribution in [2.45, 2.75) is 24.9 Å². The van der Waals surface area contributed by atoms with Crippen LogP contribution in [0.5, 0.6) is 0 Å². The molecule has 4 N–H and O–H groups in total. The zero-order chi connectivity index (χ0) is 16.1. The molecule has 0 bridgehead atoms. The summed E-state index contributed by atoms with van der Waals surface area (Å²) in [5.41, 5.74) is 5.50. The number of amides is 1. The lowest BCUT2D eigenvalue weighted by molar-refractivity contribution is -0.124. The summed E-state index contributed by atoms with van der Waals surface area (Å²) in [5.74, 6) is -0.637. The number of nitrogens with one attached hydrogen (secondary N) is 1. The second-order valence-electron chi connectivity index (χ2n) is 5.37. The third-order valence-electron chi connectivity index (χ3n) is 3.26. The lowest BCUT2D eigenvalue weighted by atomic mass is 9.92. The van der Waals surface area contributed by atoms with Gasteiger partial charge in [-0.3, -0.25) is 4.79 Å². The first-order valence-electron chi connectivity index (χ1n) is 6.60. The quantitative estimate of drug-likeness (QED) is 0.644. The molecule has 0 saturated carbocycles. The molecule has 6 nitrogen and oxygen atoms in total. The van der Waals surface area contributed by atoms with Gasteiger partial charge in [-0.2, -0.15) is 0 Å². The van der Waals surface area contributed by atoms with Crippen molar-refractivity contribution in [1.82, 2.24) is 5.32 Å². The lowest BCUT2D eigenvalue weighted by Gasteiger charge is -2.30. The van der Waals surface area contributed by atoms with Crippen LogP contribution >= 0.6 is 0 Å². The molecule has 0 fully saturated rings. The molecule has 0 saturated heterocycles. The van der Waals surface area contributed by atoms with Crippen LogP contribution in [0.3, 0.4) is 0 Å². The SMILES string of the molecule is CC(CO)(NC(=O)C(N)CCS(C)(=O)=O)c1ccccc1. The van der Waals surface area contributed by atoms with Crippen molar-refractivity contribution >= 4 is 15.7 Å². The second-order valence-corrected chi connectivity index (χ2v) is 7.63. The third kappa shape index (κ3) is 5.45. The average molecular weight is 314 g/mol. The second kappa shape index (κ2) is 7.02. The largest absolute Gasteiger partial charge is 0.394 e. The third-order valence-corrected chi connectivity index (χ3v) is 4.24. The first kappa shape index (κ1) is 17.6. The Hall–Kier alpha value is -1.44. The lowest BCUT2D eigenvalue weighted by Crippen LogP contribution is -2.52. The number of carbonyl (C=O) groups is 1. The predicted octanol–water partition coefficient (Wildman–Crippen LogP) is -0.228. The highest BCUT2D eigenvalue weighted by atomic mass is 32.2. The van der Waals surface area contributed by atoms with Gasteiger partial charge >= 0.3 is 0 Å². The highest BCUT2D eigenvalue weighted by Gasteiger charge is 2.29. The molecule has 0 radical (unpaired) electrons. The Morgan fingerprint density at radius 2 is 1.95 bits per heavy atom.